The van der Waals surface area contributed by atoms with Crippen LogP contribution in [0.25, 0.3) is 11.1 Å². The first-order valence-corrected chi connectivity index (χ1v) is 10.2. The van der Waals surface area contributed by atoms with Crippen LogP contribution in [0.5, 0.6) is 0 Å². The lowest BCUT2D eigenvalue weighted by molar-refractivity contribution is -0.151. The van der Waals surface area contributed by atoms with Crippen molar-refractivity contribution >= 4 is 11.8 Å². The molecule has 0 aliphatic carbocycles. The molecule has 1 aliphatic rings. The first-order chi connectivity index (χ1) is 13.6. The topological polar surface area (TPSA) is 53.5 Å². The summed E-state index contributed by atoms with van der Waals surface area (Å²) in [7, 11) is 0. The van der Waals surface area contributed by atoms with Crippen LogP contribution in [-0.4, -0.2) is 52.3 Å². The summed E-state index contributed by atoms with van der Waals surface area (Å²) >= 11 is 0. The number of pyridine rings is 1. The lowest BCUT2D eigenvalue weighted by Gasteiger charge is -2.41. The molecule has 1 atom stereocenters. The molecule has 28 heavy (non-hydrogen) atoms. The van der Waals surface area contributed by atoms with E-state index in [0.717, 1.165) is 36.1 Å². The molecule has 2 aromatic rings. The fourth-order valence-corrected chi connectivity index (χ4v) is 3.83. The summed E-state index contributed by atoms with van der Waals surface area (Å²) in [5, 5.41) is 0. The van der Waals surface area contributed by atoms with Gasteiger partial charge in [0.05, 0.1) is 0 Å². The van der Waals surface area contributed by atoms with Gasteiger partial charge in [0.15, 0.2) is 0 Å². The zero-order valence-electron chi connectivity index (χ0n) is 16.8. The van der Waals surface area contributed by atoms with Crippen molar-refractivity contribution in [2.45, 2.75) is 45.6 Å². The van der Waals surface area contributed by atoms with Crippen molar-refractivity contribution in [1.29, 1.82) is 0 Å². The zero-order valence-corrected chi connectivity index (χ0v) is 16.8. The van der Waals surface area contributed by atoms with Gasteiger partial charge in [-0.15, -0.1) is 0 Å². The predicted octanol–water partition coefficient (Wildman–Crippen LogP) is 3.54. The van der Waals surface area contributed by atoms with Crippen molar-refractivity contribution in [2.75, 3.05) is 19.6 Å². The van der Waals surface area contributed by atoms with Gasteiger partial charge in [0.1, 0.15) is 6.04 Å². The molecule has 0 spiro atoms. The van der Waals surface area contributed by atoms with Gasteiger partial charge in [0, 0.05) is 44.9 Å². The fraction of sp³-hybridized carbons (Fsp3) is 0.435. The molecule has 3 rings (SSSR count). The van der Waals surface area contributed by atoms with Gasteiger partial charge >= 0.3 is 0 Å². The quantitative estimate of drug-likeness (QED) is 0.739. The standard InChI is InChI=1S/C23H29N3O2/c1-3-6-22(27)26-15-14-25(13-4-2)23(28)21(26)17-18-7-5-8-20(16-18)19-9-11-24-12-10-19/h5,7-12,16,21H,3-4,6,13-15,17H2,1-2H3. The minimum Gasteiger partial charge on any atom is -0.339 e. The zero-order chi connectivity index (χ0) is 19.9. The molecule has 1 unspecified atom stereocenters. The lowest BCUT2D eigenvalue weighted by atomic mass is 9.97. The number of carbonyl (C=O) groups is 2. The van der Waals surface area contributed by atoms with Crippen LogP contribution in [0.2, 0.25) is 0 Å². The number of nitrogens with zero attached hydrogens (tertiary/aromatic N) is 3. The van der Waals surface area contributed by atoms with Crippen LogP contribution in [-0.2, 0) is 16.0 Å². The van der Waals surface area contributed by atoms with E-state index in [4.69, 9.17) is 0 Å². The molecule has 148 valence electrons. The summed E-state index contributed by atoms with van der Waals surface area (Å²) in [6.07, 6.45) is 6.33. The van der Waals surface area contributed by atoms with E-state index in [1.165, 1.54) is 0 Å². The molecule has 0 radical (unpaired) electrons. The van der Waals surface area contributed by atoms with Gasteiger partial charge in [-0.3, -0.25) is 14.6 Å². The van der Waals surface area contributed by atoms with Crippen molar-refractivity contribution in [3.8, 4) is 11.1 Å². The van der Waals surface area contributed by atoms with Gasteiger partial charge in [-0.2, -0.15) is 0 Å². The summed E-state index contributed by atoms with van der Waals surface area (Å²) in [4.78, 5) is 33.6. The monoisotopic (exact) mass is 379 g/mol. The van der Waals surface area contributed by atoms with Crippen LogP contribution in [0.3, 0.4) is 0 Å². The Kier molecular flexibility index (Phi) is 6.80. The van der Waals surface area contributed by atoms with E-state index in [2.05, 4.69) is 24.0 Å². The SMILES string of the molecule is CCCC(=O)N1CCN(CCC)C(=O)C1Cc1cccc(-c2ccncc2)c1. The molecular weight excluding hydrogens is 350 g/mol. The molecule has 2 heterocycles. The number of carbonyl (C=O) groups excluding carboxylic acids is 2. The van der Waals surface area contributed by atoms with Crippen molar-refractivity contribution in [2.24, 2.45) is 0 Å². The molecule has 1 aromatic carbocycles. The van der Waals surface area contributed by atoms with Crippen LogP contribution >= 0.6 is 0 Å². The Bertz CT molecular complexity index is 807. The Labute approximate surface area is 167 Å². The lowest BCUT2D eigenvalue weighted by Crippen LogP contribution is -2.59. The molecule has 1 aliphatic heterocycles. The number of piperazine rings is 1. The highest BCUT2D eigenvalue weighted by atomic mass is 16.2. The van der Waals surface area contributed by atoms with E-state index in [-0.39, 0.29) is 11.8 Å². The number of hydrogen-bond acceptors (Lipinski definition) is 3. The van der Waals surface area contributed by atoms with Gasteiger partial charge < -0.3 is 9.80 Å². The summed E-state index contributed by atoms with van der Waals surface area (Å²) in [6, 6.07) is 11.8. The average molecular weight is 380 g/mol. The van der Waals surface area contributed by atoms with Crippen LogP contribution in [0, 0.1) is 0 Å². The first kappa shape index (κ1) is 20.1. The number of aromatic nitrogens is 1. The number of amides is 2. The van der Waals surface area contributed by atoms with Gasteiger partial charge in [0.2, 0.25) is 11.8 Å². The molecular formula is C23H29N3O2. The second kappa shape index (κ2) is 9.49. The maximum Gasteiger partial charge on any atom is 0.245 e. The molecule has 1 saturated heterocycles. The van der Waals surface area contributed by atoms with Crippen LogP contribution in [0.4, 0.5) is 0 Å². The highest BCUT2D eigenvalue weighted by Crippen LogP contribution is 2.23. The van der Waals surface area contributed by atoms with Crippen LogP contribution in [0.15, 0.2) is 48.8 Å². The summed E-state index contributed by atoms with van der Waals surface area (Å²) in [6.45, 7) is 6.09. The van der Waals surface area contributed by atoms with Crippen molar-refractivity contribution in [1.82, 2.24) is 14.8 Å². The van der Waals surface area contributed by atoms with Gasteiger partial charge in [-0.1, -0.05) is 38.1 Å². The molecule has 2 amide bonds. The molecule has 5 heteroatoms. The highest BCUT2D eigenvalue weighted by molar-refractivity contribution is 5.89. The van der Waals surface area contributed by atoms with Gasteiger partial charge in [-0.05, 0) is 41.7 Å². The average Bonchev–Trinajstić information content (AvgIpc) is 2.72. The second-order valence-electron chi connectivity index (χ2n) is 7.32. The predicted molar refractivity (Wildman–Crippen MR) is 111 cm³/mol. The molecule has 0 N–H and O–H groups in total. The second-order valence-corrected chi connectivity index (χ2v) is 7.32. The summed E-state index contributed by atoms with van der Waals surface area (Å²) in [5.41, 5.74) is 3.26. The number of rotatable bonds is 7. The van der Waals surface area contributed by atoms with Crippen molar-refractivity contribution in [3.05, 3.63) is 54.4 Å². The van der Waals surface area contributed by atoms with E-state index < -0.39 is 6.04 Å². The molecule has 5 nitrogen and oxygen atoms in total. The van der Waals surface area contributed by atoms with Crippen molar-refractivity contribution < 1.29 is 9.59 Å². The summed E-state index contributed by atoms with van der Waals surface area (Å²) in [5.74, 6) is 0.161. The third-order valence-electron chi connectivity index (χ3n) is 5.23. The van der Waals surface area contributed by atoms with Gasteiger partial charge in [-0.25, -0.2) is 0 Å². The van der Waals surface area contributed by atoms with Gasteiger partial charge in [0.25, 0.3) is 0 Å². The molecule has 0 bridgehead atoms. The van der Waals surface area contributed by atoms with E-state index >= 15 is 0 Å². The molecule has 0 saturated carbocycles. The normalized spacial score (nSPS) is 17.1. The van der Waals surface area contributed by atoms with E-state index in [1.807, 2.05) is 36.1 Å². The Morgan fingerprint density at radius 2 is 1.86 bits per heavy atom. The largest absolute Gasteiger partial charge is 0.339 e. The minimum absolute atomic E-state index is 0.0758. The third kappa shape index (κ3) is 4.58. The maximum absolute atomic E-state index is 13.1. The van der Waals surface area contributed by atoms with Crippen LogP contribution < -0.4 is 0 Å². The Hall–Kier alpha value is -2.69. The third-order valence-corrected chi connectivity index (χ3v) is 5.23. The van der Waals surface area contributed by atoms with Crippen LogP contribution in [0.1, 0.15) is 38.7 Å². The fourth-order valence-electron chi connectivity index (χ4n) is 3.83. The van der Waals surface area contributed by atoms with E-state index in [9.17, 15) is 9.59 Å². The summed E-state index contributed by atoms with van der Waals surface area (Å²) < 4.78 is 0. The Balaban J connectivity index is 1.85. The van der Waals surface area contributed by atoms with Crippen molar-refractivity contribution in [3.63, 3.8) is 0 Å². The first-order valence-electron chi connectivity index (χ1n) is 10.2. The Morgan fingerprint density at radius 1 is 1.07 bits per heavy atom. The smallest absolute Gasteiger partial charge is 0.245 e. The Morgan fingerprint density at radius 3 is 2.57 bits per heavy atom. The van der Waals surface area contributed by atoms with E-state index in [0.29, 0.717) is 25.9 Å². The highest BCUT2D eigenvalue weighted by Gasteiger charge is 2.36. The maximum atomic E-state index is 13.1. The van der Waals surface area contributed by atoms with E-state index in [1.54, 1.807) is 17.3 Å². The minimum atomic E-state index is -0.410. The number of hydrogen-bond donors (Lipinski definition) is 0. The molecule has 1 aromatic heterocycles. The number of benzene rings is 1. The molecule has 1 fully saturated rings.